The van der Waals surface area contributed by atoms with Crippen LogP contribution < -0.4 is 10.1 Å². The van der Waals surface area contributed by atoms with E-state index in [1.54, 1.807) is 0 Å². The average Bonchev–Trinajstić information content (AvgIpc) is 2.53. The van der Waals surface area contributed by atoms with Crippen LogP contribution in [-0.4, -0.2) is 25.9 Å². The minimum atomic E-state index is 0.212. The van der Waals surface area contributed by atoms with Crippen LogP contribution in [0.5, 0.6) is 5.75 Å². The van der Waals surface area contributed by atoms with Gasteiger partial charge >= 0.3 is 0 Å². The Morgan fingerprint density at radius 2 is 1.71 bits per heavy atom. The Kier molecular flexibility index (Phi) is 9.11. The molecule has 2 atom stereocenters. The molecule has 0 bridgehead atoms. The summed E-state index contributed by atoms with van der Waals surface area (Å²) < 4.78 is 11.6. The summed E-state index contributed by atoms with van der Waals surface area (Å²) in [5.41, 5.74) is 1.27. The minimum Gasteiger partial charge on any atom is -0.494 e. The minimum absolute atomic E-state index is 0.212. The molecular formula is C18H31NO2. The molecule has 2 unspecified atom stereocenters. The van der Waals surface area contributed by atoms with E-state index in [2.05, 4.69) is 57.3 Å². The van der Waals surface area contributed by atoms with Crippen LogP contribution >= 0.6 is 0 Å². The highest BCUT2D eigenvalue weighted by atomic mass is 16.5. The maximum atomic E-state index is 5.91. The molecule has 3 heteroatoms. The van der Waals surface area contributed by atoms with Crippen molar-refractivity contribution in [3.05, 3.63) is 29.8 Å². The molecule has 0 radical (unpaired) electrons. The normalized spacial score (nSPS) is 13.9. The van der Waals surface area contributed by atoms with Crippen LogP contribution in [0.25, 0.3) is 0 Å². The molecule has 0 aliphatic rings. The summed E-state index contributed by atoms with van der Waals surface area (Å²) in [5.74, 6) is 0.944. The standard InChI is InChI=1S/C18H31NO2/c1-5-13-19-18(17(7-3)20-8-4)15-9-11-16(12-10-15)21-14-6-2/h9-12,17-19H,5-8,13-14H2,1-4H3. The smallest absolute Gasteiger partial charge is 0.119 e. The third kappa shape index (κ3) is 6.06. The van der Waals surface area contributed by atoms with E-state index >= 15 is 0 Å². The molecule has 21 heavy (non-hydrogen) atoms. The summed E-state index contributed by atoms with van der Waals surface area (Å²) >= 11 is 0. The number of hydrogen-bond acceptors (Lipinski definition) is 3. The van der Waals surface area contributed by atoms with Gasteiger partial charge in [-0.05, 0) is 50.4 Å². The fourth-order valence-corrected chi connectivity index (χ4v) is 2.42. The van der Waals surface area contributed by atoms with E-state index in [9.17, 15) is 0 Å². The van der Waals surface area contributed by atoms with Crippen LogP contribution in [0.4, 0.5) is 0 Å². The van der Waals surface area contributed by atoms with Gasteiger partial charge in [0.2, 0.25) is 0 Å². The molecule has 0 fully saturated rings. The van der Waals surface area contributed by atoms with Gasteiger partial charge in [-0.25, -0.2) is 0 Å². The van der Waals surface area contributed by atoms with Crippen LogP contribution in [0.1, 0.15) is 58.6 Å². The third-order valence-electron chi connectivity index (χ3n) is 3.48. The van der Waals surface area contributed by atoms with Crippen LogP contribution in [-0.2, 0) is 4.74 Å². The van der Waals surface area contributed by atoms with Crippen LogP contribution in [0.2, 0.25) is 0 Å². The molecule has 0 spiro atoms. The summed E-state index contributed by atoms with van der Waals surface area (Å²) in [6.45, 7) is 11.1. The zero-order valence-electron chi connectivity index (χ0n) is 14.0. The molecule has 3 nitrogen and oxygen atoms in total. The molecule has 0 saturated carbocycles. The highest BCUT2D eigenvalue weighted by Crippen LogP contribution is 2.24. The van der Waals surface area contributed by atoms with E-state index in [0.29, 0.717) is 0 Å². The Labute approximate surface area is 130 Å². The van der Waals surface area contributed by atoms with Gasteiger partial charge in [-0.2, -0.15) is 0 Å². The van der Waals surface area contributed by atoms with E-state index in [4.69, 9.17) is 9.47 Å². The van der Waals surface area contributed by atoms with Crippen molar-refractivity contribution in [1.82, 2.24) is 5.32 Å². The second-order valence-corrected chi connectivity index (χ2v) is 5.25. The van der Waals surface area contributed by atoms with Gasteiger partial charge in [0, 0.05) is 6.61 Å². The fraction of sp³-hybridized carbons (Fsp3) is 0.667. The number of rotatable bonds is 11. The zero-order chi connectivity index (χ0) is 15.5. The molecule has 0 aromatic heterocycles. The van der Waals surface area contributed by atoms with E-state index in [-0.39, 0.29) is 12.1 Å². The van der Waals surface area contributed by atoms with Gasteiger partial charge in [0.05, 0.1) is 18.8 Å². The molecule has 120 valence electrons. The van der Waals surface area contributed by atoms with Gasteiger partial charge in [0.15, 0.2) is 0 Å². The van der Waals surface area contributed by atoms with Crippen molar-refractivity contribution in [2.24, 2.45) is 0 Å². The Balaban J connectivity index is 2.80. The molecule has 0 amide bonds. The summed E-state index contributed by atoms with van der Waals surface area (Å²) in [6.07, 6.45) is 3.37. The maximum absolute atomic E-state index is 5.91. The molecular weight excluding hydrogens is 262 g/mol. The van der Waals surface area contributed by atoms with E-state index in [0.717, 1.165) is 44.8 Å². The summed E-state index contributed by atoms with van der Waals surface area (Å²) in [4.78, 5) is 0. The Morgan fingerprint density at radius 1 is 1.00 bits per heavy atom. The predicted molar refractivity (Wildman–Crippen MR) is 89.0 cm³/mol. The highest BCUT2D eigenvalue weighted by molar-refractivity contribution is 5.29. The van der Waals surface area contributed by atoms with Crippen molar-refractivity contribution >= 4 is 0 Å². The van der Waals surface area contributed by atoms with Gasteiger partial charge in [-0.15, -0.1) is 0 Å². The summed E-state index contributed by atoms with van der Waals surface area (Å²) in [7, 11) is 0. The van der Waals surface area contributed by atoms with E-state index < -0.39 is 0 Å². The molecule has 1 rings (SSSR count). The van der Waals surface area contributed by atoms with Crippen molar-refractivity contribution in [3.63, 3.8) is 0 Å². The lowest BCUT2D eigenvalue weighted by Crippen LogP contribution is -2.34. The number of hydrogen-bond donors (Lipinski definition) is 1. The van der Waals surface area contributed by atoms with Crippen LogP contribution in [0.3, 0.4) is 0 Å². The molecule has 0 aliphatic heterocycles. The molecule has 1 aromatic rings. The largest absolute Gasteiger partial charge is 0.494 e. The molecule has 1 aromatic carbocycles. The SMILES string of the molecule is CCCNC(c1ccc(OCCC)cc1)C(CC)OCC. The van der Waals surface area contributed by atoms with Crippen molar-refractivity contribution in [2.45, 2.75) is 59.1 Å². The van der Waals surface area contributed by atoms with Crippen molar-refractivity contribution in [3.8, 4) is 5.75 Å². The van der Waals surface area contributed by atoms with Crippen molar-refractivity contribution < 1.29 is 9.47 Å². The van der Waals surface area contributed by atoms with Gasteiger partial charge in [0.25, 0.3) is 0 Å². The molecule has 0 heterocycles. The fourth-order valence-electron chi connectivity index (χ4n) is 2.42. The summed E-state index contributed by atoms with van der Waals surface area (Å²) in [6, 6.07) is 8.67. The van der Waals surface area contributed by atoms with E-state index in [1.165, 1.54) is 5.56 Å². The second kappa shape index (κ2) is 10.6. The molecule has 0 saturated heterocycles. The van der Waals surface area contributed by atoms with Gasteiger partial charge in [-0.1, -0.05) is 32.9 Å². The lowest BCUT2D eigenvalue weighted by molar-refractivity contribution is 0.0314. The summed E-state index contributed by atoms with van der Waals surface area (Å²) in [5, 5.41) is 3.62. The third-order valence-corrected chi connectivity index (χ3v) is 3.48. The van der Waals surface area contributed by atoms with Gasteiger partial charge in [-0.3, -0.25) is 0 Å². The zero-order valence-corrected chi connectivity index (χ0v) is 14.0. The monoisotopic (exact) mass is 293 g/mol. The van der Waals surface area contributed by atoms with Crippen molar-refractivity contribution in [1.29, 1.82) is 0 Å². The van der Waals surface area contributed by atoms with Crippen molar-refractivity contribution in [2.75, 3.05) is 19.8 Å². The first-order valence-corrected chi connectivity index (χ1v) is 8.34. The predicted octanol–water partition coefficient (Wildman–Crippen LogP) is 4.33. The van der Waals surface area contributed by atoms with Gasteiger partial charge < -0.3 is 14.8 Å². The van der Waals surface area contributed by atoms with Gasteiger partial charge in [0.1, 0.15) is 5.75 Å². The number of ether oxygens (including phenoxy) is 2. The number of benzene rings is 1. The highest BCUT2D eigenvalue weighted by Gasteiger charge is 2.21. The first-order valence-electron chi connectivity index (χ1n) is 8.34. The van der Waals surface area contributed by atoms with Crippen LogP contribution in [0, 0.1) is 0 Å². The molecule has 0 aliphatic carbocycles. The maximum Gasteiger partial charge on any atom is 0.119 e. The average molecular weight is 293 g/mol. The first kappa shape index (κ1) is 18.0. The Morgan fingerprint density at radius 3 is 2.24 bits per heavy atom. The second-order valence-electron chi connectivity index (χ2n) is 5.25. The Hall–Kier alpha value is -1.06. The lowest BCUT2D eigenvalue weighted by atomic mass is 9.99. The Bertz CT molecular complexity index is 364. The number of nitrogens with one attached hydrogen (secondary N) is 1. The van der Waals surface area contributed by atoms with Crippen LogP contribution in [0.15, 0.2) is 24.3 Å². The lowest BCUT2D eigenvalue weighted by Gasteiger charge is -2.28. The van der Waals surface area contributed by atoms with E-state index in [1.807, 2.05) is 0 Å². The first-order chi connectivity index (χ1) is 10.3. The quantitative estimate of drug-likeness (QED) is 0.658. The molecule has 1 N–H and O–H groups in total. The topological polar surface area (TPSA) is 30.5 Å².